The smallest absolute Gasteiger partial charge is 0.213 e. The van der Waals surface area contributed by atoms with Gasteiger partial charge in [-0.2, -0.15) is 0 Å². The molecule has 1 fully saturated rings. The van der Waals surface area contributed by atoms with Gasteiger partial charge in [0.25, 0.3) is 0 Å². The zero-order chi connectivity index (χ0) is 15.2. The highest BCUT2D eigenvalue weighted by Gasteiger charge is 2.30. The van der Waals surface area contributed by atoms with Crippen molar-refractivity contribution in [2.24, 2.45) is 5.92 Å². The summed E-state index contributed by atoms with van der Waals surface area (Å²) in [5.41, 5.74) is 1.09. The van der Waals surface area contributed by atoms with Crippen molar-refractivity contribution in [2.75, 3.05) is 6.26 Å². The predicted molar refractivity (Wildman–Crippen MR) is 86.5 cm³/mol. The van der Waals surface area contributed by atoms with Crippen LogP contribution in [0.5, 0.6) is 5.88 Å². The van der Waals surface area contributed by atoms with E-state index in [1.54, 1.807) is 11.9 Å². The van der Waals surface area contributed by atoms with E-state index in [1.807, 2.05) is 38.4 Å². The van der Waals surface area contributed by atoms with Crippen LogP contribution in [0.25, 0.3) is 0 Å². The molecule has 1 aromatic heterocycles. The van der Waals surface area contributed by atoms with Crippen molar-refractivity contribution >= 4 is 17.7 Å². The van der Waals surface area contributed by atoms with Crippen molar-refractivity contribution in [1.82, 2.24) is 9.71 Å². The molecule has 21 heavy (non-hydrogen) atoms. The lowest BCUT2D eigenvalue weighted by Gasteiger charge is -2.34. The van der Waals surface area contributed by atoms with Gasteiger partial charge in [0.15, 0.2) is 0 Å². The lowest BCUT2D eigenvalue weighted by Crippen LogP contribution is -2.44. The fraction of sp³-hybridized carbons (Fsp3) is 0.625. The fourth-order valence-electron chi connectivity index (χ4n) is 2.28. The van der Waals surface area contributed by atoms with E-state index >= 15 is 0 Å². The second-order valence-electron chi connectivity index (χ2n) is 5.86. The molecule has 0 radical (unpaired) electrons. The van der Waals surface area contributed by atoms with E-state index in [0.717, 1.165) is 24.8 Å². The van der Waals surface area contributed by atoms with Crippen LogP contribution in [0.15, 0.2) is 18.3 Å². The molecule has 1 saturated carbocycles. The number of hydrogen-bond donors (Lipinski definition) is 1. The summed E-state index contributed by atoms with van der Waals surface area (Å²) in [6.07, 6.45) is 7.55. The molecule has 5 heteroatoms. The molecule has 0 atom stereocenters. The van der Waals surface area contributed by atoms with Crippen LogP contribution in [-0.2, 0) is 11.2 Å². The number of pyridine rings is 1. The fourth-order valence-corrected chi connectivity index (χ4v) is 2.81. The van der Waals surface area contributed by atoms with E-state index in [1.165, 1.54) is 0 Å². The lowest BCUT2D eigenvalue weighted by atomic mass is 9.90. The minimum absolute atomic E-state index is 0.113. The molecule has 1 aliphatic rings. The summed E-state index contributed by atoms with van der Waals surface area (Å²) in [5, 5.41) is 0. The number of carbonyl (C=O) groups is 1. The van der Waals surface area contributed by atoms with Gasteiger partial charge in [0.1, 0.15) is 11.9 Å². The maximum atomic E-state index is 11.6. The monoisotopic (exact) mass is 308 g/mol. The largest absolute Gasteiger partial charge is 0.474 e. The number of carbonyl (C=O) groups excluding carboxylic acids is 1. The molecule has 0 saturated heterocycles. The molecule has 1 heterocycles. The highest BCUT2D eigenvalue weighted by molar-refractivity contribution is 7.96. The SMILES string of the molecule is CSN[C@H]1C[C@H](Oc2ccc(CCC(=O)C(C)C)cn2)C1. The molecule has 1 N–H and O–H groups in total. The van der Waals surface area contributed by atoms with Crippen LogP contribution in [0.3, 0.4) is 0 Å². The molecule has 1 aromatic rings. The molecule has 116 valence electrons. The zero-order valence-corrected chi connectivity index (χ0v) is 13.8. The van der Waals surface area contributed by atoms with Gasteiger partial charge >= 0.3 is 0 Å². The normalized spacial score (nSPS) is 21.1. The van der Waals surface area contributed by atoms with Gasteiger partial charge in [0.05, 0.1) is 0 Å². The summed E-state index contributed by atoms with van der Waals surface area (Å²) >= 11 is 1.66. The average Bonchev–Trinajstić information content (AvgIpc) is 2.43. The van der Waals surface area contributed by atoms with Crippen molar-refractivity contribution < 1.29 is 9.53 Å². The first-order valence-electron chi connectivity index (χ1n) is 7.51. The molecule has 0 bridgehead atoms. The van der Waals surface area contributed by atoms with E-state index < -0.39 is 0 Å². The van der Waals surface area contributed by atoms with Crippen LogP contribution in [0.2, 0.25) is 0 Å². The molecule has 0 amide bonds. The summed E-state index contributed by atoms with van der Waals surface area (Å²) in [7, 11) is 0. The van der Waals surface area contributed by atoms with E-state index in [2.05, 4.69) is 9.71 Å². The first kappa shape index (κ1) is 16.3. The Morgan fingerprint density at radius 3 is 2.81 bits per heavy atom. The Morgan fingerprint density at radius 1 is 1.48 bits per heavy atom. The Hall–Kier alpha value is -1.07. The number of hydrogen-bond acceptors (Lipinski definition) is 5. The highest BCUT2D eigenvalue weighted by atomic mass is 32.2. The van der Waals surface area contributed by atoms with Crippen molar-refractivity contribution in [3.05, 3.63) is 23.9 Å². The maximum absolute atomic E-state index is 11.6. The van der Waals surface area contributed by atoms with Crippen LogP contribution < -0.4 is 9.46 Å². The van der Waals surface area contributed by atoms with Gasteiger partial charge in [-0.05, 0) is 18.2 Å². The minimum atomic E-state index is 0.113. The van der Waals surface area contributed by atoms with E-state index in [9.17, 15) is 4.79 Å². The number of Topliss-reactive ketones (excluding diaryl/α,β-unsaturated/α-hetero) is 1. The topological polar surface area (TPSA) is 51.2 Å². The summed E-state index contributed by atoms with van der Waals surface area (Å²) in [4.78, 5) is 15.9. The first-order chi connectivity index (χ1) is 10.1. The Kier molecular flexibility index (Phi) is 6.06. The summed E-state index contributed by atoms with van der Waals surface area (Å²) < 4.78 is 9.15. The van der Waals surface area contributed by atoms with Crippen LogP contribution in [0.1, 0.15) is 38.7 Å². The van der Waals surface area contributed by atoms with Crippen molar-refractivity contribution in [3.8, 4) is 5.88 Å². The third kappa shape index (κ3) is 5.00. The molecule has 0 aliphatic heterocycles. The van der Waals surface area contributed by atoms with E-state index in [-0.39, 0.29) is 12.0 Å². The second-order valence-corrected chi connectivity index (χ2v) is 6.50. The summed E-state index contributed by atoms with van der Waals surface area (Å²) in [5.74, 6) is 1.10. The van der Waals surface area contributed by atoms with Gasteiger partial charge in [-0.3, -0.25) is 9.52 Å². The number of aryl methyl sites for hydroxylation is 1. The molecule has 1 aliphatic carbocycles. The van der Waals surface area contributed by atoms with Gasteiger partial charge in [-0.15, -0.1) is 0 Å². The van der Waals surface area contributed by atoms with Gasteiger partial charge in [-0.1, -0.05) is 31.9 Å². The number of aromatic nitrogens is 1. The van der Waals surface area contributed by atoms with Crippen molar-refractivity contribution in [2.45, 2.75) is 51.7 Å². The molecular formula is C16H24N2O2S. The molecular weight excluding hydrogens is 284 g/mol. The van der Waals surface area contributed by atoms with Crippen molar-refractivity contribution in [1.29, 1.82) is 0 Å². The number of ether oxygens (including phenoxy) is 1. The highest BCUT2D eigenvalue weighted by Crippen LogP contribution is 2.26. The molecule has 4 nitrogen and oxygen atoms in total. The molecule has 2 rings (SSSR count). The third-order valence-corrected chi connectivity index (χ3v) is 4.34. The Labute approximate surface area is 131 Å². The third-order valence-electron chi connectivity index (χ3n) is 3.77. The van der Waals surface area contributed by atoms with Crippen LogP contribution >= 0.6 is 11.9 Å². The number of nitrogens with zero attached hydrogens (tertiary/aromatic N) is 1. The van der Waals surface area contributed by atoms with Gasteiger partial charge in [-0.25, -0.2) is 4.98 Å². The molecule has 0 spiro atoms. The lowest BCUT2D eigenvalue weighted by molar-refractivity contribution is -0.121. The summed E-state index contributed by atoms with van der Waals surface area (Å²) in [6.45, 7) is 3.88. The van der Waals surface area contributed by atoms with E-state index in [4.69, 9.17) is 4.74 Å². The second kappa shape index (κ2) is 7.80. The quantitative estimate of drug-likeness (QED) is 0.748. The van der Waals surface area contributed by atoms with Gasteiger partial charge in [0, 0.05) is 43.5 Å². The van der Waals surface area contributed by atoms with Gasteiger partial charge in [0.2, 0.25) is 5.88 Å². The van der Waals surface area contributed by atoms with Crippen LogP contribution in [-0.4, -0.2) is 29.2 Å². The van der Waals surface area contributed by atoms with Crippen LogP contribution in [0, 0.1) is 5.92 Å². The maximum Gasteiger partial charge on any atom is 0.213 e. The van der Waals surface area contributed by atoms with Crippen LogP contribution in [0.4, 0.5) is 0 Å². The van der Waals surface area contributed by atoms with Crippen molar-refractivity contribution in [3.63, 3.8) is 0 Å². The minimum Gasteiger partial charge on any atom is -0.474 e. The number of rotatable bonds is 8. The number of ketones is 1. The Morgan fingerprint density at radius 2 is 2.24 bits per heavy atom. The first-order valence-corrected chi connectivity index (χ1v) is 8.73. The van der Waals surface area contributed by atoms with E-state index in [0.29, 0.717) is 24.1 Å². The number of nitrogens with one attached hydrogen (secondary N) is 1. The standard InChI is InChI=1S/C16H24N2O2S/c1-11(2)15(19)6-4-12-5-7-16(17-10-12)20-14-8-13(9-14)18-21-3/h5,7,10-11,13-14,18H,4,6,8-9H2,1-3H3/t13-,14-. The summed E-state index contributed by atoms with van der Waals surface area (Å²) in [6, 6.07) is 4.47. The molecule has 0 aromatic carbocycles. The predicted octanol–water partition coefficient (Wildman–Crippen LogP) is 3.02. The zero-order valence-electron chi connectivity index (χ0n) is 13.0. The average molecular weight is 308 g/mol. The van der Waals surface area contributed by atoms with Gasteiger partial charge < -0.3 is 4.74 Å². The molecule has 0 unspecified atom stereocenters. The Bertz CT molecular complexity index is 456. The Balaban J connectivity index is 1.74.